The fraction of sp³-hybridized carbons (Fsp3) is 1.00. The van der Waals surface area contributed by atoms with E-state index in [9.17, 15) is 8.42 Å². The van der Waals surface area contributed by atoms with Gasteiger partial charge in [-0.3, -0.25) is 0 Å². The van der Waals surface area contributed by atoms with Gasteiger partial charge in [-0.05, 0) is 38.9 Å². The number of nitrogens with zero attached hydrogens (tertiary/aromatic N) is 3. The van der Waals surface area contributed by atoms with Crippen LogP contribution in [0.2, 0.25) is 0 Å². The number of likely N-dealkylation sites (N-methyl/N-ethyl adjacent to an activating group) is 1. The molecule has 1 fully saturated rings. The summed E-state index contributed by atoms with van der Waals surface area (Å²) in [6.07, 6.45) is 3.30. The second-order valence-corrected chi connectivity index (χ2v) is 8.30. The summed E-state index contributed by atoms with van der Waals surface area (Å²) in [7, 11) is 0.0194. The van der Waals surface area contributed by atoms with Crippen LogP contribution in [0.4, 0.5) is 0 Å². The smallest absolute Gasteiger partial charge is 0.281 e. The van der Waals surface area contributed by atoms with Gasteiger partial charge in [0.2, 0.25) is 0 Å². The van der Waals surface area contributed by atoms with Crippen molar-refractivity contribution in [2.24, 2.45) is 0 Å². The van der Waals surface area contributed by atoms with Crippen molar-refractivity contribution in [3.05, 3.63) is 0 Å². The fourth-order valence-corrected chi connectivity index (χ4v) is 3.60. The van der Waals surface area contributed by atoms with Gasteiger partial charge in [0.1, 0.15) is 0 Å². The van der Waals surface area contributed by atoms with Crippen molar-refractivity contribution in [1.29, 1.82) is 0 Å². The van der Waals surface area contributed by atoms with E-state index in [0.717, 1.165) is 32.6 Å². The molecule has 0 bridgehead atoms. The minimum Gasteiger partial charge on any atom is -0.314 e. The second kappa shape index (κ2) is 9.05. The Hall–Kier alpha value is -0.210. The topological polar surface area (TPSA) is 55.9 Å². The second-order valence-electron chi connectivity index (χ2n) is 6.16. The van der Waals surface area contributed by atoms with Gasteiger partial charge in [0, 0.05) is 39.8 Å². The molecule has 0 amide bonds. The lowest BCUT2D eigenvalue weighted by molar-refractivity contribution is 0.300. The van der Waals surface area contributed by atoms with Crippen molar-refractivity contribution in [3.63, 3.8) is 0 Å². The average molecular weight is 321 g/mol. The summed E-state index contributed by atoms with van der Waals surface area (Å²) in [5, 5.41) is 3.30. The Labute approximate surface area is 130 Å². The fourth-order valence-electron chi connectivity index (χ4n) is 2.45. The maximum Gasteiger partial charge on any atom is 0.281 e. The molecule has 1 saturated heterocycles. The van der Waals surface area contributed by atoms with Gasteiger partial charge in [0.15, 0.2) is 0 Å². The molecule has 126 valence electrons. The van der Waals surface area contributed by atoms with Crippen LogP contribution in [-0.4, -0.2) is 81.3 Å². The Kier molecular flexibility index (Phi) is 8.12. The highest BCUT2D eigenvalue weighted by Gasteiger charge is 2.24. The predicted octanol–water partition coefficient (Wildman–Crippen LogP) is 0.579. The molecule has 1 rings (SSSR count). The molecule has 0 atom stereocenters. The monoisotopic (exact) mass is 320 g/mol. The summed E-state index contributed by atoms with van der Waals surface area (Å²) in [6.45, 7) is 9.18. The molecule has 0 aromatic heterocycles. The molecule has 1 N–H and O–H groups in total. The van der Waals surface area contributed by atoms with Crippen LogP contribution in [0.3, 0.4) is 0 Å². The van der Waals surface area contributed by atoms with Crippen LogP contribution in [0.5, 0.6) is 0 Å². The van der Waals surface area contributed by atoms with Gasteiger partial charge in [-0.2, -0.15) is 17.0 Å². The van der Waals surface area contributed by atoms with E-state index in [-0.39, 0.29) is 0 Å². The largest absolute Gasteiger partial charge is 0.314 e. The third-order valence-corrected chi connectivity index (χ3v) is 5.86. The molecule has 0 radical (unpaired) electrons. The molecule has 1 aliphatic rings. The summed E-state index contributed by atoms with van der Waals surface area (Å²) in [5.74, 6) is 0. The van der Waals surface area contributed by atoms with Crippen LogP contribution in [-0.2, 0) is 10.2 Å². The highest BCUT2D eigenvalue weighted by Crippen LogP contribution is 2.09. The first-order chi connectivity index (χ1) is 9.84. The predicted molar refractivity (Wildman–Crippen MR) is 87.6 cm³/mol. The maximum absolute atomic E-state index is 12.4. The molecule has 6 nitrogen and oxygen atoms in total. The van der Waals surface area contributed by atoms with Gasteiger partial charge in [0.25, 0.3) is 10.2 Å². The van der Waals surface area contributed by atoms with E-state index in [0.29, 0.717) is 19.1 Å². The number of hydrogen-bond donors (Lipinski definition) is 1. The zero-order chi connectivity index (χ0) is 15.9. The summed E-state index contributed by atoms with van der Waals surface area (Å²) < 4.78 is 27.7. The van der Waals surface area contributed by atoms with Crippen molar-refractivity contribution >= 4 is 10.2 Å². The summed E-state index contributed by atoms with van der Waals surface area (Å²) in [4.78, 5) is 2.33. The molecule has 0 aliphatic carbocycles. The molecule has 0 unspecified atom stereocenters. The first-order valence-corrected chi connectivity index (χ1v) is 9.37. The lowest BCUT2D eigenvalue weighted by Gasteiger charge is -2.26. The summed E-state index contributed by atoms with van der Waals surface area (Å²) >= 11 is 0. The lowest BCUT2D eigenvalue weighted by Crippen LogP contribution is -2.43. The molecule has 0 saturated carbocycles. The molecule has 1 heterocycles. The highest BCUT2D eigenvalue weighted by molar-refractivity contribution is 7.86. The number of hydrogen-bond acceptors (Lipinski definition) is 4. The van der Waals surface area contributed by atoms with Crippen LogP contribution >= 0.6 is 0 Å². The van der Waals surface area contributed by atoms with E-state index in [1.165, 1.54) is 21.5 Å². The Morgan fingerprint density at radius 3 is 2.24 bits per heavy atom. The Morgan fingerprint density at radius 2 is 1.67 bits per heavy atom. The molecule has 0 aromatic carbocycles. The minimum atomic E-state index is -3.32. The van der Waals surface area contributed by atoms with Gasteiger partial charge in [0.05, 0.1) is 0 Å². The molecule has 7 heteroatoms. The van der Waals surface area contributed by atoms with Crippen molar-refractivity contribution in [1.82, 2.24) is 18.8 Å². The van der Waals surface area contributed by atoms with Crippen molar-refractivity contribution in [3.8, 4) is 0 Å². The summed E-state index contributed by atoms with van der Waals surface area (Å²) in [5.41, 5.74) is 0. The molecule has 0 aromatic rings. The first kappa shape index (κ1) is 18.8. The SMILES string of the molecule is CC(C)NCCCN(C)S(=O)(=O)N(C)CCN1CCCC1. The maximum atomic E-state index is 12.4. The Morgan fingerprint density at radius 1 is 1.10 bits per heavy atom. The zero-order valence-corrected chi connectivity index (χ0v) is 14.8. The Balaban J connectivity index is 2.31. The molecule has 21 heavy (non-hydrogen) atoms. The van der Waals surface area contributed by atoms with Crippen LogP contribution in [0.25, 0.3) is 0 Å². The zero-order valence-electron chi connectivity index (χ0n) is 14.0. The van der Waals surface area contributed by atoms with E-state index in [2.05, 4.69) is 24.1 Å². The van der Waals surface area contributed by atoms with Crippen LogP contribution in [0, 0.1) is 0 Å². The van der Waals surface area contributed by atoms with Gasteiger partial charge in [-0.15, -0.1) is 0 Å². The van der Waals surface area contributed by atoms with E-state index in [1.807, 2.05) is 0 Å². The molecule has 0 spiro atoms. The van der Waals surface area contributed by atoms with Crippen molar-refractivity contribution in [2.75, 3.05) is 53.4 Å². The third kappa shape index (κ3) is 6.61. The van der Waals surface area contributed by atoms with Gasteiger partial charge in [-0.25, -0.2) is 0 Å². The van der Waals surface area contributed by atoms with Gasteiger partial charge in [-0.1, -0.05) is 13.8 Å². The molecular formula is C14H32N4O2S. The average Bonchev–Trinajstić information content (AvgIpc) is 2.93. The molecular weight excluding hydrogens is 288 g/mol. The third-order valence-electron chi connectivity index (χ3n) is 3.92. The minimum absolute atomic E-state index is 0.440. The number of likely N-dealkylation sites (tertiary alicyclic amines) is 1. The van der Waals surface area contributed by atoms with Gasteiger partial charge < -0.3 is 10.2 Å². The standard InChI is InChI=1S/C14H32N4O2S/c1-14(2)15-8-7-9-16(3)21(19,20)17(4)12-13-18-10-5-6-11-18/h14-15H,5-13H2,1-4H3. The quantitative estimate of drug-likeness (QED) is 0.598. The molecule has 1 aliphatic heterocycles. The van der Waals surface area contributed by atoms with Crippen LogP contribution < -0.4 is 5.32 Å². The summed E-state index contributed by atoms with van der Waals surface area (Å²) in [6, 6.07) is 0.440. The number of rotatable bonds is 10. The van der Waals surface area contributed by atoms with Crippen LogP contribution in [0.15, 0.2) is 0 Å². The normalized spacial score (nSPS) is 17.5. The van der Waals surface area contributed by atoms with Gasteiger partial charge >= 0.3 is 0 Å². The highest BCUT2D eigenvalue weighted by atomic mass is 32.2. The van der Waals surface area contributed by atoms with E-state index >= 15 is 0 Å². The lowest BCUT2D eigenvalue weighted by atomic mass is 10.3. The van der Waals surface area contributed by atoms with Crippen molar-refractivity contribution in [2.45, 2.75) is 39.2 Å². The number of nitrogens with one attached hydrogen (secondary N) is 1. The van der Waals surface area contributed by atoms with Crippen molar-refractivity contribution < 1.29 is 8.42 Å². The van der Waals surface area contributed by atoms with E-state index < -0.39 is 10.2 Å². The Bertz CT molecular complexity index is 380. The van der Waals surface area contributed by atoms with Crippen LogP contribution in [0.1, 0.15) is 33.1 Å². The first-order valence-electron chi connectivity index (χ1n) is 7.97. The van der Waals surface area contributed by atoms with E-state index in [1.54, 1.807) is 14.1 Å². The van der Waals surface area contributed by atoms with E-state index in [4.69, 9.17) is 0 Å².